The lowest BCUT2D eigenvalue weighted by Gasteiger charge is -2.15. The van der Waals surface area contributed by atoms with Gasteiger partial charge < -0.3 is 15.7 Å². The van der Waals surface area contributed by atoms with Crippen molar-refractivity contribution in [1.29, 1.82) is 0 Å². The van der Waals surface area contributed by atoms with Crippen LogP contribution in [0.4, 0.5) is 10.5 Å². The number of carbonyl (C=O) groups excluding carboxylic acids is 1. The first-order chi connectivity index (χ1) is 12.2. The van der Waals surface area contributed by atoms with Gasteiger partial charge in [-0.25, -0.2) is 4.79 Å². The predicted molar refractivity (Wildman–Crippen MR) is 101 cm³/mol. The maximum absolute atomic E-state index is 12.1. The molecule has 3 N–H and O–H groups in total. The van der Waals surface area contributed by atoms with Crippen LogP contribution < -0.4 is 10.6 Å². The molecule has 2 amide bonds. The first-order valence-electron chi connectivity index (χ1n) is 7.60. The van der Waals surface area contributed by atoms with Crippen LogP contribution in [0.5, 0.6) is 0 Å². The van der Waals surface area contributed by atoms with Gasteiger partial charge in [0.2, 0.25) is 0 Å². The third kappa shape index (κ3) is 4.57. The lowest BCUT2D eigenvalue weighted by Crippen LogP contribution is -2.33. The number of aliphatic hydroxyl groups is 1. The molecule has 1 aromatic carbocycles. The molecular weight excluding hydrogens is 358 g/mol. The highest BCUT2D eigenvalue weighted by atomic mass is 35.5. The summed E-state index contributed by atoms with van der Waals surface area (Å²) in [6.07, 6.45) is 3.47. The smallest absolute Gasteiger partial charge is 0.319 e. The zero-order valence-electron chi connectivity index (χ0n) is 13.1. The van der Waals surface area contributed by atoms with Gasteiger partial charge in [-0.1, -0.05) is 23.7 Å². The summed E-state index contributed by atoms with van der Waals surface area (Å²) in [6, 6.07) is 14.0. The summed E-state index contributed by atoms with van der Waals surface area (Å²) >= 11 is 7.22. The molecule has 128 valence electrons. The Morgan fingerprint density at radius 1 is 1.08 bits per heavy atom. The lowest BCUT2D eigenvalue weighted by atomic mass is 10.1. The second-order valence-electron chi connectivity index (χ2n) is 5.29. The van der Waals surface area contributed by atoms with E-state index in [9.17, 15) is 9.90 Å². The van der Waals surface area contributed by atoms with Crippen LogP contribution in [0, 0.1) is 0 Å². The van der Waals surface area contributed by atoms with E-state index in [1.54, 1.807) is 24.5 Å². The van der Waals surface area contributed by atoms with E-state index < -0.39 is 6.04 Å². The number of thiophene rings is 1. The Balaban J connectivity index is 1.62. The standard InChI is InChI=1S/C18H16ClN3O2S/c19-17-6-5-16(25-17)15(11-23)22-18(24)21-14-3-1-12(2-4-14)13-7-9-20-10-8-13/h1-10,15,23H,11H2,(H2,21,22,24)/t15-/m1/s1. The van der Waals surface area contributed by atoms with Crippen LogP contribution >= 0.6 is 22.9 Å². The highest BCUT2D eigenvalue weighted by Gasteiger charge is 2.15. The van der Waals surface area contributed by atoms with Crippen LogP contribution in [0.1, 0.15) is 10.9 Å². The van der Waals surface area contributed by atoms with Crippen molar-refractivity contribution in [2.45, 2.75) is 6.04 Å². The number of anilines is 1. The minimum Gasteiger partial charge on any atom is -0.394 e. The van der Waals surface area contributed by atoms with Gasteiger partial charge in [-0.3, -0.25) is 4.98 Å². The second-order valence-corrected chi connectivity index (χ2v) is 7.04. The Morgan fingerprint density at radius 2 is 1.76 bits per heavy atom. The van der Waals surface area contributed by atoms with Crippen LogP contribution in [0.2, 0.25) is 4.34 Å². The molecule has 5 nitrogen and oxygen atoms in total. The number of halogens is 1. The van der Waals surface area contributed by atoms with Crippen molar-refractivity contribution in [3.8, 4) is 11.1 Å². The molecule has 2 heterocycles. The van der Waals surface area contributed by atoms with E-state index in [-0.39, 0.29) is 12.6 Å². The van der Waals surface area contributed by atoms with Crippen molar-refractivity contribution in [1.82, 2.24) is 10.3 Å². The van der Waals surface area contributed by atoms with Crippen molar-refractivity contribution >= 4 is 34.7 Å². The Labute approximate surface area is 154 Å². The Hall–Kier alpha value is -2.41. The van der Waals surface area contributed by atoms with E-state index in [4.69, 9.17) is 11.6 Å². The number of rotatable bonds is 5. The number of nitrogens with zero attached hydrogens (tertiary/aromatic N) is 1. The summed E-state index contributed by atoms with van der Waals surface area (Å²) in [7, 11) is 0. The van der Waals surface area contributed by atoms with Crippen LogP contribution in [0.3, 0.4) is 0 Å². The maximum Gasteiger partial charge on any atom is 0.319 e. The zero-order valence-corrected chi connectivity index (χ0v) is 14.7. The number of urea groups is 1. The van der Waals surface area contributed by atoms with Gasteiger partial charge in [0.15, 0.2) is 0 Å². The molecule has 0 saturated heterocycles. The normalized spacial score (nSPS) is 11.8. The van der Waals surface area contributed by atoms with E-state index in [1.165, 1.54) is 11.3 Å². The number of aliphatic hydroxyl groups excluding tert-OH is 1. The molecule has 2 aromatic heterocycles. The summed E-state index contributed by atoms with van der Waals surface area (Å²) in [6.45, 7) is -0.203. The van der Waals surface area contributed by atoms with E-state index in [0.29, 0.717) is 10.0 Å². The van der Waals surface area contributed by atoms with E-state index >= 15 is 0 Å². The molecule has 0 radical (unpaired) electrons. The molecule has 0 unspecified atom stereocenters. The second kappa shape index (κ2) is 8.11. The summed E-state index contributed by atoms with van der Waals surface area (Å²) in [4.78, 5) is 16.9. The van der Waals surface area contributed by atoms with Crippen LogP contribution in [-0.4, -0.2) is 22.7 Å². The SMILES string of the molecule is O=C(Nc1ccc(-c2ccncc2)cc1)N[C@H](CO)c1ccc(Cl)s1. The van der Waals surface area contributed by atoms with Gasteiger partial charge in [0.1, 0.15) is 0 Å². The fourth-order valence-electron chi connectivity index (χ4n) is 2.34. The third-order valence-electron chi connectivity index (χ3n) is 3.58. The Morgan fingerprint density at radius 3 is 2.36 bits per heavy atom. The summed E-state index contributed by atoms with van der Waals surface area (Å²) in [5.74, 6) is 0. The number of hydrogen-bond acceptors (Lipinski definition) is 4. The molecule has 0 saturated carbocycles. The van der Waals surface area contributed by atoms with Gasteiger partial charge in [-0.15, -0.1) is 11.3 Å². The Kier molecular flexibility index (Phi) is 5.65. The Bertz CT molecular complexity index is 837. The molecule has 0 aliphatic rings. The summed E-state index contributed by atoms with van der Waals surface area (Å²) in [5, 5.41) is 15.0. The van der Waals surface area contributed by atoms with Crippen molar-refractivity contribution in [3.63, 3.8) is 0 Å². The molecule has 7 heteroatoms. The molecule has 3 rings (SSSR count). The van der Waals surface area contributed by atoms with Crippen LogP contribution in [0.25, 0.3) is 11.1 Å². The quantitative estimate of drug-likeness (QED) is 0.623. The highest BCUT2D eigenvalue weighted by Crippen LogP contribution is 2.27. The fraction of sp³-hybridized carbons (Fsp3) is 0.111. The average Bonchev–Trinajstić information content (AvgIpc) is 3.07. The molecule has 0 aliphatic heterocycles. The van der Waals surface area contributed by atoms with Crippen LogP contribution in [-0.2, 0) is 0 Å². The summed E-state index contributed by atoms with van der Waals surface area (Å²) < 4.78 is 0.613. The molecular formula is C18H16ClN3O2S. The molecule has 0 fully saturated rings. The minimum atomic E-state index is -0.492. The monoisotopic (exact) mass is 373 g/mol. The van der Waals surface area contributed by atoms with Gasteiger partial charge in [0.05, 0.1) is 17.0 Å². The molecule has 3 aromatic rings. The number of aromatic nitrogens is 1. The van der Waals surface area contributed by atoms with E-state index in [1.807, 2.05) is 36.4 Å². The molecule has 0 spiro atoms. The molecule has 0 bridgehead atoms. The first kappa shape index (κ1) is 17.4. The van der Waals surface area contributed by atoms with Crippen molar-refractivity contribution in [2.24, 2.45) is 0 Å². The number of hydrogen-bond donors (Lipinski definition) is 3. The van der Waals surface area contributed by atoms with E-state index in [0.717, 1.165) is 16.0 Å². The third-order valence-corrected chi connectivity index (χ3v) is 4.93. The molecule has 25 heavy (non-hydrogen) atoms. The van der Waals surface area contributed by atoms with Gasteiger partial charge in [-0.2, -0.15) is 0 Å². The topological polar surface area (TPSA) is 74.2 Å². The average molecular weight is 374 g/mol. The number of pyridine rings is 1. The molecule has 0 aliphatic carbocycles. The summed E-state index contributed by atoms with van der Waals surface area (Å²) in [5.41, 5.74) is 2.76. The van der Waals surface area contributed by atoms with Gasteiger partial charge in [-0.05, 0) is 47.5 Å². The van der Waals surface area contributed by atoms with E-state index in [2.05, 4.69) is 15.6 Å². The minimum absolute atomic E-state index is 0.203. The molecule has 1 atom stereocenters. The number of nitrogens with one attached hydrogen (secondary N) is 2. The van der Waals surface area contributed by atoms with Crippen LogP contribution in [0.15, 0.2) is 60.9 Å². The zero-order chi connectivity index (χ0) is 17.6. The maximum atomic E-state index is 12.1. The number of carbonyl (C=O) groups is 1. The van der Waals surface area contributed by atoms with Gasteiger partial charge >= 0.3 is 6.03 Å². The first-order valence-corrected chi connectivity index (χ1v) is 8.79. The predicted octanol–water partition coefficient (Wildman–Crippen LogP) is 4.32. The van der Waals surface area contributed by atoms with Crippen molar-refractivity contribution in [3.05, 3.63) is 70.1 Å². The lowest BCUT2D eigenvalue weighted by molar-refractivity contribution is 0.226. The van der Waals surface area contributed by atoms with Crippen molar-refractivity contribution < 1.29 is 9.90 Å². The number of amides is 2. The fourth-order valence-corrected chi connectivity index (χ4v) is 3.44. The largest absolute Gasteiger partial charge is 0.394 e. The highest BCUT2D eigenvalue weighted by molar-refractivity contribution is 7.16. The van der Waals surface area contributed by atoms with Gasteiger partial charge in [0, 0.05) is 23.0 Å². The number of benzene rings is 1. The van der Waals surface area contributed by atoms with Crippen molar-refractivity contribution in [2.75, 3.05) is 11.9 Å². The van der Waals surface area contributed by atoms with Gasteiger partial charge in [0.25, 0.3) is 0 Å².